The fraction of sp³-hybridized carbons (Fsp3) is 0.600. The Morgan fingerprint density at radius 3 is 3.20 bits per heavy atom. The van der Waals surface area contributed by atoms with E-state index in [4.69, 9.17) is 4.74 Å². The van der Waals surface area contributed by atoms with Crippen molar-refractivity contribution < 1.29 is 4.74 Å². The summed E-state index contributed by atoms with van der Waals surface area (Å²) in [6.45, 7) is 2.06. The number of H-pyrrole nitrogens is 1. The lowest BCUT2D eigenvalue weighted by atomic mass is 10.0. The van der Waals surface area contributed by atoms with Crippen LogP contribution in [0.15, 0.2) is 10.9 Å². The average molecular weight is 209 g/mol. The summed E-state index contributed by atoms with van der Waals surface area (Å²) in [7, 11) is 1.52. The molecular weight excluding hydrogens is 194 g/mol. The van der Waals surface area contributed by atoms with E-state index in [1.165, 1.54) is 13.2 Å². The zero-order valence-corrected chi connectivity index (χ0v) is 8.75. The van der Waals surface area contributed by atoms with Crippen molar-refractivity contribution in [1.29, 1.82) is 0 Å². The van der Waals surface area contributed by atoms with Gasteiger partial charge in [-0.05, 0) is 25.4 Å². The third-order valence-corrected chi connectivity index (χ3v) is 2.62. The first-order chi connectivity index (χ1) is 7.28. The van der Waals surface area contributed by atoms with E-state index < -0.39 is 0 Å². The highest BCUT2D eigenvalue weighted by atomic mass is 16.5. The molecule has 5 heteroatoms. The van der Waals surface area contributed by atoms with E-state index in [0.717, 1.165) is 25.9 Å². The van der Waals surface area contributed by atoms with Crippen molar-refractivity contribution in [1.82, 2.24) is 15.3 Å². The lowest BCUT2D eigenvalue weighted by Crippen LogP contribution is -2.16. The Morgan fingerprint density at radius 2 is 2.53 bits per heavy atom. The normalized spacial score (nSPS) is 20.5. The van der Waals surface area contributed by atoms with Gasteiger partial charge < -0.3 is 15.0 Å². The van der Waals surface area contributed by atoms with E-state index in [-0.39, 0.29) is 5.56 Å². The molecule has 5 nitrogen and oxygen atoms in total. The minimum atomic E-state index is -0.150. The molecular formula is C10H15N3O2. The van der Waals surface area contributed by atoms with Crippen molar-refractivity contribution in [3.05, 3.63) is 22.2 Å². The first kappa shape index (κ1) is 10.2. The number of hydrogen-bond acceptors (Lipinski definition) is 4. The maximum absolute atomic E-state index is 11.3. The van der Waals surface area contributed by atoms with Crippen LogP contribution in [0.1, 0.15) is 12.2 Å². The lowest BCUT2D eigenvalue weighted by Gasteiger charge is -2.07. The van der Waals surface area contributed by atoms with E-state index in [0.29, 0.717) is 17.6 Å². The van der Waals surface area contributed by atoms with Crippen LogP contribution in [0.3, 0.4) is 0 Å². The molecule has 1 atom stereocenters. The van der Waals surface area contributed by atoms with Gasteiger partial charge in [-0.1, -0.05) is 0 Å². The minimum absolute atomic E-state index is 0.150. The van der Waals surface area contributed by atoms with Gasteiger partial charge in [0.2, 0.25) is 5.88 Å². The van der Waals surface area contributed by atoms with E-state index in [9.17, 15) is 4.79 Å². The molecule has 1 saturated heterocycles. The highest BCUT2D eigenvalue weighted by Crippen LogP contribution is 2.13. The second kappa shape index (κ2) is 4.44. The molecule has 0 radical (unpaired) electrons. The second-order valence-corrected chi connectivity index (χ2v) is 3.80. The molecule has 2 N–H and O–H groups in total. The molecule has 1 aromatic heterocycles. The van der Waals surface area contributed by atoms with E-state index in [1.807, 2.05) is 0 Å². The SMILES string of the molecule is COc1cc(=O)[nH]c(CC2CCNC2)n1. The highest BCUT2D eigenvalue weighted by Gasteiger charge is 2.16. The van der Waals surface area contributed by atoms with Crippen molar-refractivity contribution in [2.75, 3.05) is 20.2 Å². The molecule has 1 fully saturated rings. The molecule has 0 saturated carbocycles. The van der Waals surface area contributed by atoms with Crippen LogP contribution in [0.2, 0.25) is 0 Å². The Morgan fingerprint density at radius 1 is 1.67 bits per heavy atom. The topological polar surface area (TPSA) is 67.0 Å². The van der Waals surface area contributed by atoms with Crippen molar-refractivity contribution in [3.63, 3.8) is 0 Å². The van der Waals surface area contributed by atoms with Crippen LogP contribution < -0.4 is 15.6 Å². The number of ether oxygens (including phenoxy) is 1. The number of hydrogen-bond donors (Lipinski definition) is 2. The summed E-state index contributed by atoms with van der Waals surface area (Å²) >= 11 is 0. The average Bonchev–Trinajstić information content (AvgIpc) is 2.69. The molecule has 1 aromatic rings. The first-order valence-electron chi connectivity index (χ1n) is 5.13. The Balaban J connectivity index is 2.12. The highest BCUT2D eigenvalue weighted by molar-refractivity contribution is 5.09. The summed E-state index contributed by atoms with van der Waals surface area (Å²) in [6.07, 6.45) is 1.94. The monoisotopic (exact) mass is 209 g/mol. The molecule has 82 valence electrons. The van der Waals surface area contributed by atoms with Crippen molar-refractivity contribution >= 4 is 0 Å². The third-order valence-electron chi connectivity index (χ3n) is 2.62. The Bertz CT molecular complexity index is 382. The Labute approximate surface area is 87.9 Å². The maximum atomic E-state index is 11.3. The van der Waals surface area contributed by atoms with Crippen LogP contribution in [0.4, 0.5) is 0 Å². The van der Waals surface area contributed by atoms with Crippen LogP contribution in [-0.2, 0) is 6.42 Å². The van der Waals surface area contributed by atoms with Gasteiger partial charge in [-0.3, -0.25) is 4.79 Å². The fourth-order valence-electron chi connectivity index (χ4n) is 1.85. The van der Waals surface area contributed by atoms with Crippen molar-refractivity contribution in [2.24, 2.45) is 5.92 Å². The van der Waals surface area contributed by atoms with Gasteiger partial charge in [0.25, 0.3) is 5.56 Å². The van der Waals surface area contributed by atoms with Gasteiger partial charge in [-0.25, -0.2) is 4.98 Å². The number of rotatable bonds is 3. The van der Waals surface area contributed by atoms with E-state index in [1.54, 1.807) is 0 Å². The van der Waals surface area contributed by atoms with Gasteiger partial charge in [-0.2, -0.15) is 0 Å². The summed E-state index contributed by atoms with van der Waals surface area (Å²) in [6, 6.07) is 1.36. The molecule has 0 bridgehead atoms. The van der Waals surface area contributed by atoms with Gasteiger partial charge in [-0.15, -0.1) is 0 Å². The van der Waals surface area contributed by atoms with Crippen molar-refractivity contribution in [2.45, 2.75) is 12.8 Å². The van der Waals surface area contributed by atoms with Crippen LogP contribution in [0.25, 0.3) is 0 Å². The number of methoxy groups -OCH3 is 1. The molecule has 1 unspecified atom stereocenters. The van der Waals surface area contributed by atoms with Crippen LogP contribution in [0, 0.1) is 5.92 Å². The summed E-state index contributed by atoms with van der Waals surface area (Å²) in [4.78, 5) is 18.2. The van der Waals surface area contributed by atoms with E-state index >= 15 is 0 Å². The molecule has 0 amide bonds. The van der Waals surface area contributed by atoms with Crippen molar-refractivity contribution in [3.8, 4) is 5.88 Å². The molecule has 0 spiro atoms. The van der Waals surface area contributed by atoms with Gasteiger partial charge in [0.1, 0.15) is 5.82 Å². The smallest absolute Gasteiger partial charge is 0.254 e. The van der Waals surface area contributed by atoms with Crippen LogP contribution in [-0.4, -0.2) is 30.2 Å². The summed E-state index contributed by atoms with van der Waals surface area (Å²) in [5, 5.41) is 3.28. The lowest BCUT2D eigenvalue weighted by molar-refractivity contribution is 0.392. The molecule has 1 aliphatic heterocycles. The summed E-state index contributed by atoms with van der Waals surface area (Å²) < 4.78 is 4.95. The molecule has 0 aliphatic carbocycles. The fourth-order valence-corrected chi connectivity index (χ4v) is 1.85. The van der Waals surface area contributed by atoms with Crippen LogP contribution >= 0.6 is 0 Å². The number of aromatic amines is 1. The third kappa shape index (κ3) is 2.56. The molecule has 2 rings (SSSR count). The van der Waals surface area contributed by atoms with Gasteiger partial charge in [0, 0.05) is 6.42 Å². The summed E-state index contributed by atoms with van der Waals surface area (Å²) in [5.74, 6) is 1.67. The molecule has 15 heavy (non-hydrogen) atoms. The Kier molecular flexibility index (Phi) is 3.01. The Hall–Kier alpha value is -1.36. The molecule has 2 heterocycles. The standard InChI is InChI=1S/C10H15N3O2/c1-15-10-5-9(14)12-8(13-10)4-7-2-3-11-6-7/h5,7,11H,2-4,6H2,1H3,(H,12,13,14). The quantitative estimate of drug-likeness (QED) is 0.731. The molecule has 1 aliphatic rings. The summed E-state index contributed by atoms with van der Waals surface area (Å²) in [5.41, 5.74) is -0.150. The largest absolute Gasteiger partial charge is 0.481 e. The van der Waals surface area contributed by atoms with Gasteiger partial charge in [0.15, 0.2) is 0 Å². The molecule has 0 aromatic carbocycles. The first-order valence-corrected chi connectivity index (χ1v) is 5.13. The number of nitrogens with zero attached hydrogens (tertiary/aromatic N) is 1. The number of aromatic nitrogens is 2. The second-order valence-electron chi connectivity index (χ2n) is 3.80. The van der Waals surface area contributed by atoms with Crippen LogP contribution in [0.5, 0.6) is 5.88 Å². The zero-order chi connectivity index (χ0) is 10.7. The van der Waals surface area contributed by atoms with Gasteiger partial charge >= 0.3 is 0 Å². The predicted octanol–water partition coefficient (Wildman–Crippen LogP) is -0.0695. The van der Waals surface area contributed by atoms with Gasteiger partial charge in [0.05, 0.1) is 13.2 Å². The minimum Gasteiger partial charge on any atom is -0.481 e. The zero-order valence-electron chi connectivity index (χ0n) is 8.75. The van der Waals surface area contributed by atoms with E-state index in [2.05, 4.69) is 15.3 Å². The predicted molar refractivity (Wildman–Crippen MR) is 56.1 cm³/mol. The maximum Gasteiger partial charge on any atom is 0.254 e. The number of nitrogens with one attached hydrogen (secondary N) is 2.